The van der Waals surface area contributed by atoms with Gasteiger partial charge in [0.25, 0.3) is 0 Å². The molecular formula is C24H32N4. The van der Waals surface area contributed by atoms with Crippen molar-refractivity contribution >= 4 is 10.9 Å². The lowest BCUT2D eigenvalue weighted by atomic mass is 9.89. The lowest BCUT2D eigenvalue weighted by Crippen LogP contribution is -2.34. The summed E-state index contributed by atoms with van der Waals surface area (Å²) in [6.45, 7) is 3.58. The number of hydrogen-bond donors (Lipinski definition) is 1. The van der Waals surface area contributed by atoms with Gasteiger partial charge in [0.15, 0.2) is 0 Å². The number of likely N-dealkylation sites (tertiary alicyclic amines) is 1. The molecule has 0 unspecified atom stereocenters. The molecule has 2 fully saturated rings. The Morgan fingerprint density at radius 3 is 2.68 bits per heavy atom. The lowest BCUT2D eigenvalue weighted by Gasteiger charge is -2.31. The summed E-state index contributed by atoms with van der Waals surface area (Å²) >= 11 is 0. The first-order chi connectivity index (χ1) is 13.9. The predicted octanol–water partition coefficient (Wildman–Crippen LogP) is 5.29. The Hall–Kier alpha value is -2.07. The van der Waals surface area contributed by atoms with E-state index in [1.54, 1.807) is 0 Å². The van der Waals surface area contributed by atoms with Gasteiger partial charge in [-0.3, -0.25) is 4.68 Å². The predicted molar refractivity (Wildman–Crippen MR) is 115 cm³/mol. The summed E-state index contributed by atoms with van der Waals surface area (Å²) < 4.78 is 2.25. The first kappa shape index (κ1) is 18.0. The van der Waals surface area contributed by atoms with E-state index >= 15 is 0 Å². The molecule has 28 heavy (non-hydrogen) atoms. The number of benzene rings is 1. The number of aromatic amines is 1. The van der Waals surface area contributed by atoms with Gasteiger partial charge in [0.05, 0.1) is 12.2 Å². The molecule has 5 rings (SSSR count). The van der Waals surface area contributed by atoms with Gasteiger partial charge >= 0.3 is 0 Å². The smallest absolute Gasteiger partial charge is 0.0522 e. The maximum atomic E-state index is 4.67. The second-order valence-electron chi connectivity index (χ2n) is 8.78. The minimum atomic E-state index is 0.648. The van der Waals surface area contributed by atoms with E-state index in [-0.39, 0.29) is 0 Å². The third kappa shape index (κ3) is 3.75. The normalized spacial score (nSPS) is 20.1. The van der Waals surface area contributed by atoms with E-state index in [0.29, 0.717) is 12.0 Å². The molecule has 1 aliphatic heterocycles. The number of H-pyrrole nitrogens is 1. The van der Waals surface area contributed by atoms with Crippen molar-refractivity contribution in [2.45, 2.75) is 63.3 Å². The molecular weight excluding hydrogens is 344 g/mol. The second-order valence-corrected chi connectivity index (χ2v) is 8.78. The van der Waals surface area contributed by atoms with Crippen LogP contribution in [0.15, 0.2) is 42.9 Å². The number of rotatable bonds is 5. The van der Waals surface area contributed by atoms with Crippen molar-refractivity contribution in [1.82, 2.24) is 19.7 Å². The average Bonchev–Trinajstić information content (AvgIpc) is 3.41. The number of hydrogen-bond acceptors (Lipinski definition) is 2. The summed E-state index contributed by atoms with van der Waals surface area (Å²) in [5, 5.41) is 6.09. The van der Waals surface area contributed by atoms with Crippen LogP contribution in [0.1, 0.15) is 68.0 Å². The van der Waals surface area contributed by atoms with Crippen molar-refractivity contribution in [3.63, 3.8) is 0 Å². The average molecular weight is 377 g/mol. The lowest BCUT2D eigenvalue weighted by molar-refractivity contribution is 0.215. The summed E-state index contributed by atoms with van der Waals surface area (Å²) in [4.78, 5) is 6.09. The zero-order valence-corrected chi connectivity index (χ0v) is 16.8. The molecule has 1 saturated heterocycles. The number of fused-ring (bicyclic) bond motifs is 1. The minimum Gasteiger partial charge on any atom is -0.361 e. The molecule has 4 heteroatoms. The van der Waals surface area contributed by atoms with Crippen molar-refractivity contribution in [1.29, 1.82) is 0 Å². The number of aromatic nitrogens is 3. The van der Waals surface area contributed by atoms with Gasteiger partial charge in [0.1, 0.15) is 0 Å². The van der Waals surface area contributed by atoms with Crippen molar-refractivity contribution in [3.8, 4) is 0 Å². The van der Waals surface area contributed by atoms with Crippen molar-refractivity contribution in [2.24, 2.45) is 0 Å². The SMILES string of the molecule is c1ccc2c(C3CCN(CCc4cnn(C5CCCCC5)c4)CC3)c[nH]c2c1. The van der Waals surface area contributed by atoms with E-state index < -0.39 is 0 Å². The van der Waals surface area contributed by atoms with E-state index in [1.807, 2.05) is 0 Å². The highest BCUT2D eigenvalue weighted by Crippen LogP contribution is 2.33. The Bertz CT molecular complexity index is 894. The number of piperidine rings is 1. The maximum absolute atomic E-state index is 4.67. The Morgan fingerprint density at radius 1 is 1.00 bits per heavy atom. The van der Waals surface area contributed by atoms with Crippen LogP contribution < -0.4 is 0 Å². The molecule has 2 aromatic heterocycles. The summed E-state index contributed by atoms with van der Waals surface area (Å²) in [7, 11) is 0. The molecule has 0 spiro atoms. The fraction of sp³-hybridized carbons (Fsp3) is 0.542. The van der Waals surface area contributed by atoms with E-state index in [1.165, 1.54) is 80.1 Å². The Morgan fingerprint density at radius 2 is 1.82 bits per heavy atom. The topological polar surface area (TPSA) is 36.9 Å². The fourth-order valence-corrected chi connectivity index (χ4v) is 5.24. The molecule has 0 atom stereocenters. The van der Waals surface area contributed by atoms with E-state index in [9.17, 15) is 0 Å². The molecule has 0 amide bonds. The Balaban J connectivity index is 1.13. The first-order valence-corrected chi connectivity index (χ1v) is 11.2. The maximum Gasteiger partial charge on any atom is 0.0522 e. The van der Waals surface area contributed by atoms with E-state index in [2.05, 4.69) is 62.5 Å². The summed E-state index contributed by atoms with van der Waals surface area (Å²) in [5.41, 5.74) is 4.20. The van der Waals surface area contributed by atoms with Crippen LogP contribution in [0.3, 0.4) is 0 Å². The number of nitrogens with zero attached hydrogens (tertiary/aromatic N) is 3. The molecule has 1 aliphatic carbocycles. The summed E-state index contributed by atoms with van der Waals surface area (Å²) in [6, 6.07) is 9.36. The van der Waals surface area contributed by atoms with Crippen molar-refractivity contribution in [3.05, 3.63) is 54.0 Å². The quantitative estimate of drug-likeness (QED) is 0.657. The monoisotopic (exact) mass is 376 g/mol. The summed E-state index contributed by atoms with van der Waals surface area (Å²) in [5.74, 6) is 0.696. The zero-order chi connectivity index (χ0) is 18.8. The minimum absolute atomic E-state index is 0.648. The van der Waals surface area contributed by atoms with Gasteiger partial charge in [0.2, 0.25) is 0 Å². The van der Waals surface area contributed by atoms with Gasteiger partial charge in [-0.25, -0.2) is 0 Å². The molecule has 0 radical (unpaired) electrons. The van der Waals surface area contributed by atoms with Crippen molar-refractivity contribution in [2.75, 3.05) is 19.6 Å². The van der Waals surface area contributed by atoms with Crippen LogP contribution in [0.5, 0.6) is 0 Å². The van der Waals surface area contributed by atoms with Gasteiger partial charge in [-0.1, -0.05) is 37.5 Å². The zero-order valence-electron chi connectivity index (χ0n) is 16.8. The van der Waals surface area contributed by atoms with Gasteiger partial charge in [0, 0.05) is 29.8 Å². The molecule has 1 N–H and O–H groups in total. The Kier molecular flexibility index (Phi) is 5.22. The van der Waals surface area contributed by atoms with E-state index in [4.69, 9.17) is 0 Å². The van der Waals surface area contributed by atoms with Crippen LogP contribution in [0.2, 0.25) is 0 Å². The van der Waals surface area contributed by atoms with Crippen LogP contribution in [0, 0.1) is 0 Å². The van der Waals surface area contributed by atoms with Crippen LogP contribution in [0.4, 0.5) is 0 Å². The molecule has 3 aromatic rings. The largest absolute Gasteiger partial charge is 0.361 e. The highest BCUT2D eigenvalue weighted by molar-refractivity contribution is 5.83. The fourth-order valence-electron chi connectivity index (χ4n) is 5.24. The van der Waals surface area contributed by atoms with Gasteiger partial charge in [-0.15, -0.1) is 0 Å². The molecule has 1 saturated carbocycles. The van der Waals surface area contributed by atoms with Gasteiger partial charge in [-0.2, -0.15) is 5.10 Å². The molecule has 148 valence electrons. The van der Waals surface area contributed by atoms with Crippen LogP contribution in [0.25, 0.3) is 10.9 Å². The highest BCUT2D eigenvalue weighted by Gasteiger charge is 2.23. The van der Waals surface area contributed by atoms with E-state index in [0.717, 1.165) is 13.0 Å². The summed E-state index contributed by atoms with van der Waals surface area (Å²) in [6.07, 6.45) is 17.1. The van der Waals surface area contributed by atoms with Gasteiger partial charge in [-0.05, 0) is 68.3 Å². The van der Waals surface area contributed by atoms with Gasteiger partial charge < -0.3 is 9.88 Å². The molecule has 2 aliphatic rings. The molecule has 4 nitrogen and oxygen atoms in total. The third-order valence-corrected chi connectivity index (χ3v) is 6.97. The van der Waals surface area contributed by atoms with Crippen molar-refractivity contribution < 1.29 is 0 Å². The molecule has 1 aromatic carbocycles. The van der Waals surface area contributed by atoms with Crippen LogP contribution in [-0.2, 0) is 6.42 Å². The third-order valence-electron chi connectivity index (χ3n) is 6.97. The van der Waals surface area contributed by atoms with Crippen LogP contribution in [-0.4, -0.2) is 39.3 Å². The highest BCUT2D eigenvalue weighted by atomic mass is 15.3. The second kappa shape index (κ2) is 8.12. The molecule has 3 heterocycles. The number of nitrogens with one attached hydrogen (secondary N) is 1. The molecule has 0 bridgehead atoms. The van der Waals surface area contributed by atoms with Crippen LogP contribution >= 0.6 is 0 Å². The first-order valence-electron chi connectivity index (χ1n) is 11.2. The number of para-hydroxylation sites is 1. The standard InChI is InChI=1S/C24H32N4/c1-2-6-21(7-3-1)28-18-19(16-26-28)10-13-27-14-11-20(12-15-27)23-17-25-24-9-5-4-8-22(23)24/h4-5,8-9,16-18,20-21,25H,1-3,6-7,10-15H2. The Labute approximate surface area is 167 Å².